The molecule has 0 aliphatic carbocycles. The van der Waals surface area contributed by atoms with Crippen LogP contribution in [-0.2, 0) is 4.74 Å². The second-order valence-electron chi connectivity index (χ2n) is 4.93. The maximum absolute atomic E-state index is 11.9. The van der Waals surface area contributed by atoms with Crippen LogP contribution in [0, 0.1) is 0 Å². The summed E-state index contributed by atoms with van der Waals surface area (Å²) in [7, 11) is 1.30. The number of ketones is 1. The van der Waals surface area contributed by atoms with E-state index in [2.05, 4.69) is 0 Å². The molecular formula is C17H17ClO4. The monoisotopic (exact) mass is 320 g/mol. The summed E-state index contributed by atoms with van der Waals surface area (Å²) in [5.74, 6) is -0.332. The Labute approximate surface area is 134 Å². The van der Waals surface area contributed by atoms with Gasteiger partial charge in [-0.05, 0) is 17.7 Å². The Kier molecular flexibility index (Phi) is 5.03. The molecule has 0 spiro atoms. The van der Waals surface area contributed by atoms with Gasteiger partial charge in [0.1, 0.15) is 11.3 Å². The fourth-order valence-electron chi connectivity index (χ4n) is 2.24. The molecule has 5 heteroatoms. The van der Waals surface area contributed by atoms with Gasteiger partial charge in [-0.15, -0.1) is 0 Å². The minimum absolute atomic E-state index is 0.158. The van der Waals surface area contributed by atoms with Crippen LogP contribution < -0.4 is 0 Å². The van der Waals surface area contributed by atoms with Crippen molar-refractivity contribution in [3.63, 3.8) is 0 Å². The first-order chi connectivity index (χ1) is 10.5. The lowest BCUT2D eigenvalue weighted by Gasteiger charge is -2.11. The molecule has 116 valence electrons. The minimum Gasteiger partial charge on any atom is -0.465 e. The molecule has 1 unspecified atom stereocenters. The van der Waals surface area contributed by atoms with E-state index < -0.39 is 5.97 Å². The fourth-order valence-corrected chi connectivity index (χ4v) is 2.43. The second kappa shape index (κ2) is 6.79. The van der Waals surface area contributed by atoms with Gasteiger partial charge in [0, 0.05) is 23.4 Å². The number of Topliss-reactive ketones (excluding diaryl/α,β-unsaturated/α-hetero) is 1. The van der Waals surface area contributed by atoms with Crippen LogP contribution in [0.1, 0.15) is 58.4 Å². The maximum Gasteiger partial charge on any atom is 0.341 e. The zero-order chi connectivity index (χ0) is 16.3. The third kappa shape index (κ3) is 3.22. The zero-order valence-electron chi connectivity index (χ0n) is 12.7. The average Bonchev–Trinajstić information content (AvgIpc) is 2.97. The van der Waals surface area contributed by atoms with E-state index in [0.29, 0.717) is 17.2 Å². The van der Waals surface area contributed by atoms with E-state index in [1.54, 1.807) is 19.1 Å². The molecular weight excluding hydrogens is 304 g/mol. The maximum atomic E-state index is 11.9. The Hall–Kier alpha value is -2.07. The first-order valence-electron chi connectivity index (χ1n) is 6.98. The molecule has 0 N–H and O–H groups in total. The predicted molar refractivity (Wildman–Crippen MR) is 83.6 cm³/mol. The molecule has 4 nitrogen and oxygen atoms in total. The van der Waals surface area contributed by atoms with Crippen LogP contribution in [0.5, 0.6) is 0 Å². The number of carbonyl (C=O) groups excluding carboxylic acids is 2. The Balaban J connectivity index is 2.50. The summed E-state index contributed by atoms with van der Waals surface area (Å²) in [5, 5.41) is 0.598. The lowest BCUT2D eigenvalue weighted by atomic mass is 9.96. The standard InChI is InChI=1S/C17H17ClO4/c1-4-14(19)15-9-13(17(20)21-3)16(22-15)10(2)11-6-5-7-12(18)8-11/h5-10H,4H2,1-3H3. The van der Waals surface area contributed by atoms with Crippen molar-refractivity contribution in [2.45, 2.75) is 26.2 Å². The summed E-state index contributed by atoms with van der Waals surface area (Å²) < 4.78 is 10.4. The molecule has 22 heavy (non-hydrogen) atoms. The molecule has 0 aliphatic heterocycles. The van der Waals surface area contributed by atoms with Gasteiger partial charge in [0.25, 0.3) is 0 Å². The molecule has 1 heterocycles. The van der Waals surface area contributed by atoms with Crippen molar-refractivity contribution < 1.29 is 18.7 Å². The van der Waals surface area contributed by atoms with Gasteiger partial charge >= 0.3 is 5.97 Å². The van der Waals surface area contributed by atoms with Gasteiger partial charge in [-0.25, -0.2) is 4.79 Å². The number of carbonyl (C=O) groups is 2. The van der Waals surface area contributed by atoms with E-state index in [4.69, 9.17) is 20.8 Å². The molecule has 0 amide bonds. The molecule has 0 fully saturated rings. The zero-order valence-corrected chi connectivity index (χ0v) is 13.4. The van der Waals surface area contributed by atoms with Crippen molar-refractivity contribution in [3.05, 3.63) is 58.0 Å². The molecule has 1 atom stereocenters. The fraction of sp³-hybridized carbons (Fsp3) is 0.294. The molecule has 0 saturated carbocycles. The second-order valence-corrected chi connectivity index (χ2v) is 5.37. The summed E-state index contributed by atoms with van der Waals surface area (Å²) in [6.45, 7) is 3.62. The summed E-state index contributed by atoms with van der Waals surface area (Å²) in [4.78, 5) is 23.8. The highest BCUT2D eigenvalue weighted by atomic mass is 35.5. The van der Waals surface area contributed by atoms with Crippen LogP contribution in [-0.4, -0.2) is 18.9 Å². The molecule has 0 bridgehead atoms. The number of hydrogen-bond donors (Lipinski definition) is 0. The number of benzene rings is 1. The van der Waals surface area contributed by atoms with Gasteiger partial charge in [0.15, 0.2) is 11.5 Å². The number of esters is 1. The summed E-state index contributed by atoms with van der Waals surface area (Å²) >= 11 is 6.01. The lowest BCUT2D eigenvalue weighted by molar-refractivity contribution is 0.0597. The third-order valence-corrected chi connectivity index (χ3v) is 3.74. The molecule has 0 saturated heterocycles. The largest absolute Gasteiger partial charge is 0.465 e. The topological polar surface area (TPSA) is 56.5 Å². The van der Waals surface area contributed by atoms with E-state index in [0.717, 1.165) is 5.56 Å². The van der Waals surface area contributed by atoms with Gasteiger partial charge in [0.05, 0.1) is 7.11 Å². The van der Waals surface area contributed by atoms with Gasteiger partial charge in [0.2, 0.25) is 0 Å². The number of ether oxygens (including phenoxy) is 1. The van der Waals surface area contributed by atoms with Crippen molar-refractivity contribution in [1.29, 1.82) is 0 Å². The summed E-state index contributed by atoms with van der Waals surface area (Å²) in [6, 6.07) is 8.74. The van der Waals surface area contributed by atoms with Crippen LogP contribution in [0.4, 0.5) is 0 Å². The SMILES string of the molecule is CCC(=O)c1cc(C(=O)OC)c(C(C)c2cccc(Cl)c2)o1. The van der Waals surface area contributed by atoms with Crippen molar-refractivity contribution in [3.8, 4) is 0 Å². The Morgan fingerprint density at radius 3 is 2.64 bits per heavy atom. The summed E-state index contributed by atoms with van der Waals surface area (Å²) in [6.07, 6.45) is 0.305. The molecule has 2 rings (SSSR count). The van der Waals surface area contributed by atoms with E-state index in [-0.39, 0.29) is 23.0 Å². The van der Waals surface area contributed by atoms with Crippen LogP contribution in [0.3, 0.4) is 0 Å². The Morgan fingerprint density at radius 1 is 1.32 bits per heavy atom. The van der Waals surface area contributed by atoms with Gasteiger partial charge in [-0.3, -0.25) is 4.79 Å². The van der Waals surface area contributed by atoms with Crippen molar-refractivity contribution in [2.24, 2.45) is 0 Å². The van der Waals surface area contributed by atoms with Crippen molar-refractivity contribution >= 4 is 23.4 Å². The third-order valence-electron chi connectivity index (χ3n) is 3.50. The van der Waals surface area contributed by atoms with E-state index in [1.807, 2.05) is 19.1 Å². The lowest BCUT2D eigenvalue weighted by Crippen LogP contribution is -2.06. The molecule has 1 aromatic carbocycles. The number of rotatable bonds is 5. The Morgan fingerprint density at radius 2 is 2.05 bits per heavy atom. The van der Waals surface area contributed by atoms with Crippen LogP contribution in [0.15, 0.2) is 34.7 Å². The average molecular weight is 321 g/mol. The van der Waals surface area contributed by atoms with E-state index >= 15 is 0 Å². The van der Waals surface area contributed by atoms with Gasteiger partial charge in [-0.2, -0.15) is 0 Å². The van der Waals surface area contributed by atoms with Crippen molar-refractivity contribution in [2.75, 3.05) is 7.11 Å². The normalized spacial score (nSPS) is 12.0. The highest BCUT2D eigenvalue weighted by molar-refractivity contribution is 6.30. The Bertz CT molecular complexity index is 702. The highest BCUT2D eigenvalue weighted by Gasteiger charge is 2.26. The van der Waals surface area contributed by atoms with Gasteiger partial charge in [-0.1, -0.05) is 37.6 Å². The van der Waals surface area contributed by atoms with Crippen LogP contribution in [0.25, 0.3) is 0 Å². The predicted octanol–water partition coefficient (Wildman–Crippen LogP) is 4.46. The minimum atomic E-state index is -0.525. The number of halogens is 1. The molecule has 2 aromatic rings. The first kappa shape index (κ1) is 16.3. The van der Waals surface area contributed by atoms with Gasteiger partial charge < -0.3 is 9.15 Å². The number of furan rings is 1. The van der Waals surface area contributed by atoms with Crippen LogP contribution >= 0.6 is 11.6 Å². The number of methoxy groups -OCH3 is 1. The quantitative estimate of drug-likeness (QED) is 0.602. The molecule has 1 aromatic heterocycles. The van der Waals surface area contributed by atoms with Crippen molar-refractivity contribution in [1.82, 2.24) is 0 Å². The number of hydrogen-bond acceptors (Lipinski definition) is 4. The van der Waals surface area contributed by atoms with E-state index in [1.165, 1.54) is 13.2 Å². The smallest absolute Gasteiger partial charge is 0.341 e. The first-order valence-corrected chi connectivity index (χ1v) is 7.36. The highest BCUT2D eigenvalue weighted by Crippen LogP contribution is 2.31. The van der Waals surface area contributed by atoms with E-state index in [9.17, 15) is 9.59 Å². The molecule has 0 radical (unpaired) electrons. The summed E-state index contributed by atoms with van der Waals surface area (Å²) in [5.41, 5.74) is 1.16. The van der Waals surface area contributed by atoms with Crippen LogP contribution in [0.2, 0.25) is 5.02 Å². The molecule has 0 aliphatic rings.